The fraction of sp³-hybridized carbons (Fsp3) is 0. The molecule has 5 nitrogen and oxygen atoms in total. The number of rotatable bonds is 3. The zero-order chi connectivity index (χ0) is 39.1. The van der Waals surface area contributed by atoms with Gasteiger partial charge in [-0.05, 0) is 107 Å². The quantitative estimate of drug-likeness (QED) is 0.168. The minimum absolute atomic E-state index is 0.309. The number of benzene rings is 9. The third kappa shape index (κ3) is 4.42. The fourth-order valence-electron chi connectivity index (χ4n) is 9.93. The molecule has 0 radical (unpaired) electrons. The molecule has 14 rings (SSSR count). The Bertz CT molecular complexity index is 3740. The topological polar surface area (TPSA) is 49.7 Å². The van der Waals surface area contributed by atoms with Gasteiger partial charge >= 0.3 is 6.92 Å². The lowest BCUT2D eigenvalue weighted by molar-refractivity contribution is 0.480. The lowest BCUT2D eigenvalue weighted by Gasteiger charge is -2.33. The van der Waals surface area contributed by atoms with E-state index in [4.69, 9.17) is 18.2 Å². The van der Waals surface area contributed by atoms with Crippen molar-refractivity contribution in [2.45, 2.75) is 0 Å². The zero-order valence-electron chi connectivity index (χ0n) is 32.0. The van der Waals surface area contributed by atoms with E-state index in [1.165, 1.54) is 21.8 Å². The minimum atomic E-state index is -0.309. The Hall–Kier alpha value is -7.96. The van der Waals surface area contributed by atoms with Crippen LogP contribution in [0.15, 0.2) is 191 Å². The molecular weight excluding hydrogens is 737 g/mol. The molecule has 0 unspecified atom stereocenters. The predicted molar refractivity (Wildman–Crippen MR) is 244 cm³/mol. The van der Waals surface area contributed by atoms with Crippen LogP contribution in [0, 0.1) is 0 Å². The number of hydrogen-bond acceptors (Lipinski definition) is 4. The third-order valence-electron chi connectivity index (χ3n) is 12.7. The summed E-state index contributed by atoms with van der Waals surface area (Å²) < 4.78 is 29.0. The van der Waals surface area contributed by atoms with Crippen molar-refractivity contribution in [3.05, 3.63) is 182 Å². The second-order valence-corrected chi connectivity index (χ2v) is 15.9. The number of ether oxygens (including phenoxy) is 1. The van der Waals surface area contributed by atoms with Crippen LogP contribution in [0.5, 0.6) is 17.2 Å². The summed E-state index contributed by atoms with van der Waals surface area (Å²) in [5, 5.41) is 6.68. The SMILES string of the molecule is c1ccc2c(c1)OB1c3ccc(-c4ccc(-n5c6ccccc6c6ccccc65)cc4)cc3Oc3cc(-c4ccc5oc6ccc7c8ccccc8oc7c6c5c4)cc-2c31. The van der Waals surface area contributed by atoms with Gasteiger partial charge in [-0.15, -0.1) is 0 Å². The predicted octanol–water partition coefficient (Wildman–Crippen LogP) is 13.2. The van der Waals surface area contributed by atoms with E-state index < -0.39 is 0 Å². The van der Waals surface area contributed by atoms with Gasteiger partial charge in [-0.1, -0.05) is 103 Å². The first-order valence-corrected chi connectivity index (χ1v) is 20.3. The average molecular weight is 768 g/mol. The van der Waals surface area contributed by atoms with Crippen LogP contribution in [-0.4, -0.2) is 11.5 Å². The van der Waals surface area contributed by atoms with E-state index in [1.807, 2.05) is 18.2 Å². The van der Waals surface area contributed by atoms with Gasteiger partial charge in [-0.3, -0.25) is 0 Å². The van der Waals surface area contributed by atoms with Crippen LogP contribution >= 0.6 is 0 Å². The van der Waals surface area contributed by atoms with Crippen molar-refractivity contribution >= 4 is 83.5 Å². The van der Waals surface area contributed by atoms with Crippen LogP contribution in [0.25, 0.3) is 105 Å². The maximum absolute atomic E-state index is 6.96. The molecule has 0 bridgehead atoms. The summed E-state index contributed by atoms with van der Waals surface area (Å²) in [4.78, 5) is 0. The van der Waals surface area contributed by atoms with Crippen molar-refractivity contribution in [2.24, 2.45) is 0 Å². The molecule has 278 valence electrons. The summed E-state index contributed by atoms with van der Waals surface area (Å²) in [6, 6.07) is 64.1. The first-order valence-electron chi connectivity index (χ1n) is 20.3. The van der Waals surface area contributed by atoms with Gasteiger partial charge in [0, 0.05) is 49.1 Å². The van der Waals surface area contributed by atoms with Crippen molar-refractivity contribution < 1.29 is 18.2 Å². The molecule has 0 N–H and O–H groups in total. The molecule has 0 saturated carbocycles. The number of para-hydroxylation sites is 4. The summed E-state index contributed by atoms with van der Waals surface area (Å²) in [6.45, 7) is -0.309. The first kappa shape index (κ1) is 32.1. The lowest BCUT2D eigenvalue weighted by Crippen LogP contribution is -2.53. The second-order valence-electron chi connectivity index (χ2n) is 15.9. The molecule has 0 aliphatic carbocycles. The number of nitrogens with zero attached hydrogens (tertiary/aromatic N) is 1. The van der Waals surface area contributed by atoms with Crippen LogP contribution in [0.1, 0.15) is 0 Å². The Morgan fingerprint density at radius 1 is 0.400 bits per heavy atom. The monoisotopic (exact) mass is 767 g/mol. The zero-order valence-corrected chi connectivity index (χ0v) is 32.0. The van der Waals surface area contributed by atoms with Crippen LogP contribution in [0.3, 0.4) is 0 Å². The molecule has 12 aromatic rings. The standard InChI is InChI=1S/C54H30BNO4/c1-5-13-44-36(9-1)37-10-2-6-14-45(37)56(44)35-21-17-31(18-22-35)33-19-24-43-50(29-33)58-51-30-34(28-41-39-12-4-8-16-48(39)60-55(43)53(41)51)32-20-25-47-42(27-32)52-49(57-47)26-23-40-38-11-3-7-15-46(38)59-54(40)52/h1-30H. The first-order chi connectivity index (χ1) is 29.7. The Labute approximate surface area is 343 Å². The molecule has 6 heteroatoms. The maximum Gasteiger partial charge on any atom is 0.434 e. The highest BCUT2D eigenvalue weighted by atomic mass is 16.5. The largest absolute Gasteiger partial charge is 0.551 e. The highest BCUT2D eigenvalue weighted by Crippen LogP contribution is 2.44. The van der Waals surface area contributed by atoms with Gasteiger partial charge in [0.2, 0.25) is 0 Å². The molecule has 3 aromatic heterocycles. The Morgan fingerprint density at radius 3 is 1.92 bits per heavy atom. The van der Waals surface area contributed by atoms with E-state index in [0.29, 0.717) is 0 Å². The molecule has 0 amide bonds. The number of hydrogen-bond donors (Lipinski definition) is 0. The van der Waals surface area contributed by atoms with Crippen molar-refractivity contribution in [1.82, 2.24) is 4.57 Å². The van der Waals surface area contributed by atoms with Crippen molar-refractivity contribution in [1.29, 1.82) is 0 Å². The van der Waals surface area contributed by atoms with Gasteiger partial charge in [-0.25, -0.2) is 0 Å². The van der Waals surface area contributed by atoms with E-state index in [9.17, 15) is 0 Å². The number of fused-ring (bicyclic) bond motifs is 14. The van der Waals surface area contributed by atoms with E-state index in [0.717, 1.165) is 111 Å². The Kier molecular flexibility index (Phi) is 6.31. The van der Waals surface area contributed by atoms with E-state index in [-0.39, 0.29) is 6.92 Å². The van der Waals surface area contributed by atoms with E-state index in [1.54, 1.807) is 0 Å². The van der Waals surface area contributed by atoms with Crippen molar-refractivity contribution in [3.63, 3.8) is 0 Å². The third-order valence-corrected chi connectivity index (χ3v) is 12.7. The smallest absolute Gasteiger partial charge is 0.434 e. The molecule has 5 heterocycles. The normalized spacial score (nSPS) is 12.9. The second kappa shape index (κ2) is 11.8. The van der Waals surface area contributed by atoms with Crippen LogP contribution in [0.2, 0.25) is 0 Å². The Balaban J connectivity index is 0.888. The van der Waals surface area contributed by atoms with Crippen molar-refractivity contribution in [3.8, 4) is 56.3 Å². The molecular formula is C54H30BNO4. The summed E-state index contributed by atoms with van der Waals surface area (Å²) in [5.41, 5.74) is 15.4. The molecule has 0 saturated heterocycles. The number of aromatic nitrogens is 1. The van der Waals surface area contributed by atoms with Crippen LogP contribution in [-0.2, 0) is 0 Å². The molecule has 9 aromatic carbocycles. The minimum Gasteiger partial charge on any atom is -0.551 e. The summed E-state index contributed by atoms with van der Waals surface area (Å²) in [7, 11) is 0. The highest BCUT2D eigenvalue weighted by Gasteiger charge is 2.41. The van der Waals surface area contributed by atoms with Gasteiger partial charge in [0.05, 0.1) is 16.4 Å². The Morgan fingerprint density at radius 2 is 1.07 bits per heavy atom. The van der Waals surface area contributed by atoms with Gasteiger partial charge < -0.3 is 22.8 Å². The van der Waals surface area contributed by atoms with Gasteiger partial charge in [-0.2, -0.15) is 0 Å². The van der Waals surface area contributed by atoms with Gasteiger partial charge in [0.15, 0.2) is 0 Å². The molecule has 0 fully saturated rings. The van der Waals surface area contributed by atoms with Gasteiger partial charge in [0.25, 0.3) is 0 Å². The van der Waals surface area contributed by atoms with Crippen LogP contribution in [0.4, 0.5) is 0 Å². The average Bonchev–Trinajstić information content (AvgIpc) is 3.98. The maximum atomic E-state index is 6.96. The van der Waals surface area contributed by atoms with Gasteiger partial charge in [0.1, 0.15) is 39.6 Å². The van der Waals surface area contributed by atoms with E-state index in [2.05, 4.69) is 168 Å². The molecule has 0 atom stereocenters. The van der Waals surface area contributed by atoms with Crippen molar-refractivity contribution in [2.75, 3.05) is 0 Å². The number of furan rings is 2. The molecule has 0 spiro atoms. The van der Waals surface area contributed by atoms with E-state index >= 15 is 0 Å². The summed E-state index contributed by atoms with van der Waals surface area (Å²) in [5.74, 6) is 2.45. The van der Waals surface area contributed by atoms with Crippen LogP contribution < -0.4 is 20.3 Å². The molecule has 2 aliphatic heterocycles. The summed E-state index contributed by atoms with van der Waals surface area (Å²) >= 11 is 0. The molecule has 60 heavy (non-hydrogen) atoms. The molecule has 2 aliphatic rings. The lowest BCUT2D eigenvalue weighted by atomic mass is 9.50. The highest BCUT2D eigenvalue weighted by molar-refractivity contribution is 6.84. The fourth-order valence-corrected chi connectivity index (χ4v) is 9.93. The summed E-state index contributed by atoms with van der Waals surface area (Å²) in [6.07, 6.45) is 0.